The molecule has 224 valence electrons. The number of likely N-dealkylation sites (tertiary alicyclic amines) is 2. The van der Waals surface area contributed by atoms with Crippen molar-refractivity contribution in [2.75, 3.05) is 38.0 Å². The fraction of sp³-hybridized carbons (Fsp3) is 0.414. The molecule has 3 aliphatic rings. The number of benzene rings is 1. The van der Waals surface area contributed by atoms with Crippen LogP contribution < -0.4 is 10.1 Å². The normalized spacial score (nSPS) is 20.2. The molecule has 2 amide bonds. The summed E-state index contributed by atoms with van der Waals surface area (Å²) in [4.78, 5) is 35.4. The van der Waals surface area contributed by atoms with Gasteiger partial charge in [-0.2, -0.15) is 19.0 Å². The number of fused-ring (bicyclic) bond motifs is 2. The fourth-order valence-electron chi connectivity index (χ4n) is 6.20. The number of ether oxygens (including phenoxy) is 1. The Labute approximate surface area is 250 Å². The highest BCUT2D eigenvalue weighted by atomic mass is 35.5. The summed E-state index contributed by atoms with van der Waals surface area (Å²) in [6.07, 6.45) is 8.74. The average Bonchev–Trinajstić information content (AvgIpc) is 3.27. The number of carbonyl (C=O) groups excluding carboxylic acids is 2. The third kappa shape index (κ3) is 5.78. The number of anilines is 1. The van der Waals surface area contributed by atoms with E-state index in [-0.39, 0.29) is 45.7 Å². The summed E-state index contributed by atoms with van der Waals surface area (Å²) in [7, 11) is 0. The first-order valence-corrected chi connectivity index (χ1v) is 14.6. The SMILES string of the molecule is O=C(Nc1cn(CC(=O)N2CC3CN(CC4CC4)C[C@@H]3C2)nc1-c1cc(Cl)ccc1OC(F)F)c1cnn2cccnc12. The molecule has 2 aliphatic heterocycles. The summed E-state index contributed by atoms with van der Waals surface area (Å²) < 4.78 is 34.2. The maximum Gasteiger partial charge on any atom is 0.387 e. The molecule has 1 aromatic carbocycles. The number of hydrogen-bond acceptors (Lipinski definition) is 7. The lowest BCUT2D eigenvalue weighted by molar-refractivity contribution is -0.131. The van der Waals surface area contributed by atoms with Crippen LogP contribution >= 0.6 is 11.6 Å². The van der Waals surface area contributed by atoms with Gasteiger partial charge in [-0.15, -0.1) is 0 Å². The molecule has 1 N–H and O–H groups in total. The summed E-state index contributed by atoms with van der Waals surface area (Å²) in [5.74, 6) is 0.957. The molecule has 3 aromatic heterocycles. The van der Waals surface area contributed by atoms with Gasteiger partial charge in [0.15, 0.2) is 5.65 Å². The second kappa shape index (κ2) is 11.2. The first-order valence-electron chi connectivity index (χ1n) is 14.2. The Kier molecular flexibility index (Phi) is 7.21. The molecule has 43 heavy (non-hydrogen) atoms. The van der Waals surface area contributed by atoms with Crippen molar-refractivity contribution in [3.05, 3.63) is 59.6 Å². The first-order chi connectivity index (χ1) is 20.8. The molecule has 4 aromatic rings. The summed E-state index contributed by atoms with van der Waals surface area (Å²) in [6.45, 7) is 1.42. The van der Waals surface area contributed by atoms with Crippen molar-refractivity contribution in [1.29, 1.82) is 0 Å². The van der Waals surface area contributed by atoms with Crippen LogP contribution in [0.25, 0.3) is 16.9 Å². The topological polar surface area (TPSA) is 110 Å². The molecule has 1 saturated carbocycles. The first kappa shape index (κ1) is 27.7. The fourth-order valence-corrected chi connectivity index (χ4v) is 6.38. The molecule has 2 atom stereocenters. The van der Waals surface area contributed by atoms with Gasteiger partial charge in [0.05, 0.1) is 11.9 Å². The molecule has 3 fully saturated rings. The third-order valence-corrected chi connectivity index (χ3v) is 8.61. The molecule has 0 spiro atoms. The average molecular weight is 611 g/mol. The maximum atomic E-state index is 13.4. The third-order valence-electron chi connectivity index (χ3n) is 8.37. The zero-order valence-corrected chi connectivity index (χ0v) is 23.8. The minimum Gasteiger partial charge on any atom is -0.434 e. The Balaban J connectivity index is 1.14. The zero-order chi connectivity index (χ0) is 29.7. The zero-order valence-electron chi connectivity index (χ0n) is 23.1. The standard InChI is InChI=1S/C29H29ClF2N8O3/c30-20-4-5-24(43-29(31)32)21(8-20)26-23(35-28(42)22-9-34-40-7-1-6-33-27(22)40)15-39(36-26)16-25(41)38-13-18-11-37(10-17-2-3-17)12-19(18)14-38/h1,4-9,15,17-19,29H,2-3,10-14,16H2,(H,35,42)/t18-,19?/m1/s1. The minimum atomic E-state index is -3.10. The van der Waals surface area contributed by atoms with Crippen LogP contribution in [0.3, 0.4) is 0 Å². The van der Waals surface area contributed by atoms with E-state index >= 15 is 0 Å². The molecule has 0 radical (unpaired) electrons. The number of carbonyl (C=O) groups is 2. The monoisotopic (exact) mass is 610 g/mol. The van der Waals surface area contributed by atoms with Gasteiger partial charge in [0, 0.05) is 61.9 Å². The van der Waals surface area contributed by atoms with Gasteiger partial charge in [-0.1, -0.05) is 11.6 Å². The number of nitrogens with zero attached hydrogens (tertiary/aromatic N) is 7. The van der Waals surface area contributed by atoms with Crippen molar-refractivity contribution in [2.45, 2.75) is 26.0 Å². The van der Waals surface area contributed by atoms with E-state index in [0.717, 1.165) is 25.6 Å². The summed E-state index contributed by atoms with van der Waals surface area (Å²) in [5, 5.41) is 11.7. The number of halogens is 3. The lowest BCUT2D eigenvalue weighted by Gasteiger charge is -2.21. The highest BCUT2D eigenvalue weighted by Gasteiger charge is 2.42. The number of rotatable bonds is 9. The van der Waals surface area contributed by atoms with E-state index in [0.29, 0.717) is 30.6 Å². The van der Waals surface area contributed by atoms with Gasteiger partial charge in [-0.3, -0.25) is 14.3 Å². The van der Waals surface area contributed by atoms with Crippen molar-refractivity contribution in [3.8, 4) is 17.0 Å². The van der Waals surface area contributed by atoms with Gasteiger partial charge in [-0.25, -0.2) is 9.50 Å². The molecule has 14 heteroatoms. The van der Waals surface area contributed by atoms with Gasteiger partial charge < -0.3 is 19.9 Å². The maximum absolute atomic E-state index is 13.4. The van der Waals surface area contributed by atoms with Crippen molar-refractivity contribution in [1.82, 2.24) is 34.2 Å². The van der Waals surface area contributed by atoms with E-state index in [4.69, 9.17) is 16.3 Å². The van der Waals surface area contributed by atoms with E-state index in [9.17, 15) is 18.4 Å². The predicted molar refractivity (Wildman–Crippen MR) is 153 cm³/mol. The molecular weight excluding hydrogens is 582 g/mol. The van der Waals surface area contributed by atoms with E-state index in [2.05, 4.69) is 25.4 Å². The highest BCUT2D eigenvalue weighted by molar-refractivity contribution is 6.31. The van der Waals surface area contributed by atoms with Crippen LogP contribution in [0.2, 0.25) is 5.02 Å². The van der Waals surface area contributed by atoms with Crippen molar-refractivity contribution < 1.29 is 23.1 Å². The molecule has 7 rings (SSSR count). The van der Waals surface area contributed by atoms with E-state index in [1.54, 1.807) is 18.5 Å². The summed E-state index contributed by atoms with van der Waals surface area (Å²) in [6, 6.07) is 5.84. The number of alkyl halides is 2. The molecule has 2 saturated heterocycles. The Morgan fingerprint density at radius 3 is 2.67 bits per heavy atom. The van der Waals surface area contributed by atoms with Crippen LogP contribution in [0, 0.1) is 17.8 Å². The molecular formula is C29H29ClF2N8O3. The van der Waals surface area contributed by atoms with Gasteiger partial charge in [0.1, 0.15) is 23.6 Å². The number of aromatic nitrogens is 5. The van der Waals surface area contributed by atoms with Crippen LogP contribution in [0.5, 0.6) is 5.75 Å². The second-order valence-corrected chi connectivity index (χ2v) is 11.9. The highest BCUT2D eigenvalue weighted by Crippen LogP contribution is 2.38. The number of hydrogen-bond donors (Lipinski definition) is 1. The van der Waals surface area contributed by atoms with Crippen molar-refractivity contribution >= 4 is 34.7 Å². The predicted octanol–water partition coefficient (Wildman–Crippen LogP) is 3.90. The lowest BCUT2D eigenvalue weighted by atomic mass is 10.0. The smallest absolute Gasteiger partial charge is 0.387 e. The van der Waals surface area contributed by atoms with Crippen molar-refractivity contribution in [3.63, 3.8) is 0 Å². The molecule has 0 bridgehead atoms. The van der Waals surface area contributed by atoms with E-state index in [1.165, 1.54) is 52.6 Å². The van der Waals surface area contributed by atoms with Gasteiger partial charge in [-0.05, 0) is 54.9 Å². The Morgan fingerprint density at radius 1 is 1.14 bits per heavy atom. The summed E-state index contributed by atoms with van der Waals surface area (Å²) in [5.41, 5.74) is 0.980. The van der Waals surface area contributed by atoms with E-state index in [1.807, 2.05) is 4.90 Å². The largest absolute Gasteiger partial charge is 0.434 e. The van der Waals surface area contributed by atoms with Crippen LogP contribution in [0.1, 0.15) is 23.2 Å². The molecule has 1 unspecified atom stereocenters. The lowest BCUT2D eigenvalue weighted by Crippen LogP contribution is -2.35. The summed E-state index contributed by atoms with van der Waals surface area (Å²) >= 11 is 6.22. The van der Waals surface area contributed by atoms with Crippen LogP contribution in [-0.4, -0.2) is 85.3 Å². The molecule has 1 aliphatic carbocycles. The Bertz CT molecular complexity index is 1680. The second-order valence-electron chi connectivity index (χ2n) is 11.5. The quantitative estimate of drug-likeness (QED) is 0.306. The molecule has 11 nitrogen and oxygen atoms in total. The Hall–Kier alpha value is -4.10. The van der Waals surface area contributed by atoms with Gasteiger partial charge in [0.2, 0.25) is 5.91 Å². The van der Waals surface area contributed by atoms with Crippen LogP contribution in [0.4, 0.5) is 14.5 Å². The van der Waals surface area contributed by atoms with Crippen LogP contribution in [-0.2, 0) is 11.3 Å². The van der Waals surface area contributed by atoms with Crippen molar-refractivity contribution in [2.24, 2.45) is 17.8 Å². The van der Waals surface area contributed by atoms with E-state index < -0.39 is 12.5 Å². The number of nitrogens with one attached hydrogen (secondary N) is 1. The van der Waals surface area contributed by atoms with Gasteiger partial charge >= 0.3 is 6.61 Å². The van der Waals surface area contributed by atoms with Crippen LogP contribution in [0.15, 0.2) is 49.1 Å². The Morgan fingerprint density at radius 2 is 1.93 bits per heavy atom. The minimum absolute atomic E-state index is 0.0853. The molecule has 5 heterocycles. The number of amides is 2. The van der Waals surface area contributed by atoms with Gasteiger partial charge in [0.25, 0.3) is 5.91 Å².